The van der Waals surface area contributed by atoms with Crippen molar-refractivity contribution < 1.29 is 13.5 Å². The fourth-order valence-corrected chi connectivity index (χ4v) is 1.57. The first-order valence-corrected chi connectivity index (χ1v) is 5.65. The minimum Gasteiger partial charge on any atom is -0.489 e. The van der Waals surface area contributed by atoms with E-state index in [1.807, 2.05) is 6.07 Å². The van der Waals surface area contributed by atoms with Crippen LogP contribution in [0.5, 0.6) is 5.75 Å². The maximum Gasteiger partial charge on any atom is 0.144 e. The van der Waals surface area contributed by atoms with Gasteiger partial charge in [0.2, 0.25) is 0 Å². The first kappa shape index (κ1) is 13.5. The van der Waals surface area contributed by atoms with E-state index in [1.165, 1.54) is 24.3 Å². The molecule has 0 unspecified atom stereocenters. The third-order valence-corrected chi connectivity index (χ3v) is 2.64. The molecule has 0 amide bonds. The Hall–Kier alpha value is -2.92. The highest BCUT2D eigenvalue weighted by Gasteiger charge is 2.07. The molecule has 0 bridgehead atoms. The summed E-state index contributed by atoms with van der Waals surface area (Å²) in [6, 6.07) is 11.3. The third-order valence-electron chi connectivity index (χ3n) is 2.64. The second-order valence-electron chi connectivity index (χ2n) is 3.96. The van der Waals surface area contributed by atoms with Gasteiger partial charge < -0.3 is 4.74 Å². The van der Waals surface area contributed by atoms with Gasteiger partial charge in [0.05, 0.1) is 17.2 Å². The van der Waals surface area contributed by atoms with E-state index >= 15 is 0 Å². The second-order valence-corrected chi connectivity index (χ2v) is 3.96. The van der Waals surface area contributed by atoms with Crippen LogP contribution in [0.4, 0.5) is 8.78 Å². The van der Waals surface area contributed by atoms with Crippen molar-refractivity contribution in [3.63, 3.8) is 0 Å². The molecule has 2 rings (SSSR count). The molecule has 0 aliphatic heterocycles. The van der Waals surface area contributed by atoms with E-state index in [1.54, 1.807) is 6.07 Å². The van der Waals surface area contributed by atoms with Crippen molar-refractivity contribution in [2.45, 2.75) is 6.61 Å². The average molecular weight is 270 g/mol. The summed E-state index contributed by atoms with van der Waals surface area (Å²) in [7, 11) is 0. The number of rotatable bonds is 3. The van der Waals surface area contributed by atoms with Crippen LogP contribution in [0.2, 0.25) is 0 Å². The van der Waals surface area contributed by atoms with Gasteiger partial charge in [0.15, 0.2) is 0 Å². The van der Waals surface area contributed by atoms with Crippen molar-refractivity contribution in [3.05, 3.63) is 64.7 Å². The highest BCUT2D eigenvalue weighted by Crippen LogP contribution is 2.18. The molecule has 0 heterocycles. The third kappa shape index (κ3) is 2.90. The molecule has 0 spiro atoms. The lowest BCUT2D eigenvalue weighted by Gasteiger charge is -2.07. The highest BCUT2D eigenvalue weighted by atomic mass is 19.1. The van der Waals surface area contributed by atoms with Crippen LogP contribution >= 0.6 is 0 Å². The van der Waals surface area contributed by atoms with Crippen LogP contribution in [0.15, 0.2) is 36.4 Å². The van der Waals surface area contributed by atoms with Gasteiger partial charge in [-0.05, 0) is 24.3 Å². The van der Waals surface area contributed by atoms with Gasteiger partial charge in [-0.25, -0.2) is 8.78 Å². The summed E-state index contributed by atoms with van der Waals surface area (Å²) in [5.41, 5.74) is 0.395. The van der Waals surface area contributed by atoms with Gasteiger partial charge >= 0.3 is 0 Å². The molecule has 2 aromatic carbocycles. The van der Waals surface area contributed by atoms with E-state index in [4.69, 9.17) is 15.3 Å². The molecular formula is C15H8F2N2O. The molecule has 5 heteroatoms. The van der Waals surface area contributed by atoms with Crippen LogP contribution in [0.25, 0.3) is 0 Å². The van der Waals surface area contributed by atoms with E-state index < -0.39 is 11.6 Å². The van der Waals surface area contributed by atoms with Crippen molar-refractivity contribution in [1.82, 2.24) is 0 Å². The lowest BCUT2D eigenvalue weighted by Crippen LogP contribution is -1.99. The minimum atomic E-state index is -0.690. The smallest absolute Gasteiger partial charge is 0.144 e. The van der Waals surface area contributed by atoms with Gasteiger partial charge in [0, 0.05) is 11.6 Å². The molecule has 98 valence electrons. The van der Waals surface area contributed by atoms with E-state index in [2.05, 4.69) is 0 Å². The maximum absolute atomic E-state index is 13.6. The Kier molecular flexibility index (Phi) is 3.93. The molecule has 0 aliphatic carbocycles. The topological polar surface area (TPSA) is 56.8 Å². The van der Waals surface area contributed by atoms with Crippen LogP contribution in [-0.2, 0) is 6.61 Å². The summed E-state index contributed by atoms with van der Waals surface area (Å²) in [6.07, 6.45) is 0. The van der Waals surface area contributed by atoms with E-state index in [0.29, 0.717) is 0 Å². The van der Waals surface area contributed by atoms with Crippen molar-refractivity contribution in [2.75, 3.05) is 0 Å². The summed E-state index contributed by atoms with van der Waals surface area (Å²) in [4.78, 5) is 0. The van der Waals surface area contributed by atoms with Gasteiger partial charge in [0.1, 0.15) is 30.1 Å². The molecule has 0 N–H and O–H groups in total. The summed E-state index contributed by atoms with van der Waals surface area (Å²) in [5, 5.41) is 17.2. The summed E-state index contributed by atoms with van der Waals surface area (Å²) >= 11 is 0. The molecule has 0 saturated heterocycles. The summed E-state index contributed by atoms with van der Waals surface area (Å²) in [5.74, 6) is -1.05. The standard InChI is InChI=1S/C15H8F2N2O/c16-14-5-10(7-18)1-2-12(14)9-20-13-4-3-11(8-19)15(17)6-13/h1-6H,9H2. The Morgan fingerprint density at radius 2 is 1.75 bits per heavy atom. The van der Waals surface area contributed by atoms with Crippen molar-refractivity contribution in [3.8, 4) is 17.9 Å². The molecule has 0 fully saturated rings. The minimum absolute atomic E-state index is 0.0816. The monoisotopic (exact) mass is 270 g/mol. The average Bonchev–Trinajstić information content (AvgIpc) is 2.46. The van der Waals surface area contributed by atoms with E-state index in [9.17, 15) is 8.78 Å². The maximum atomic E-state index is 13.6. The zero-order valence-corrected chi connectivity index (χ0v) is 10.2. The molecule has 0 saturated carbocycles. The Bertz CT molecular complexity index is 730. The number of benzene rings is 2. The first-order chi connectivity index (χ1) is 9.63. The summed E-state index contributed by atoms with van der Waals surface area (Å²) < 4.78 is 32.2. The SMILES string of the molecule is N#Cc1ccc(COc2ccc(C#N)c(F)c2)c(F)c1. The molecule has 0 radical (unpaired) electrons. The van der Waals surface area contributed by atoms with Crippen LogP contribution in [0.1, 0.15) is 16.7 Å². The number of hydrogen-bond donors (Lipinski definition) is 0. The summed E-state index contributed by atoms with van der Waals surface area (Å²) in [6.45, 7) is -0.0944. The fourth-order valence-electron chi connectivity index (χ4n) is 1.57. The molecule has 0 atom stereocenters. The Morgan fingerprint density at radius 1 is 0.950 bits per heavy atom. The molecule has 3 nitrogen and oxygen atoms in total. The Morgan fingerprint density at radius 3 is 2.35 bits per heavy atom. The van der Waals surface area contributed by atoms with Crippen LogP contribution in [0.3, 0.4) is 0 Å². The van der Waals surface area contributed by atoms with Crippen LogP contribution in [0, 0.1) is 34.3 Å². The highest BCUT2D eigenvalue weighted by molar-refractivity contribution is 5.37. The zero-order valence-electron chi connectivity index (χ0n) is 10.2. The predicted octanol–water partition coefficient (Wildman–Crippen LogP) is 3.29. The van der Waals surface area contributed by atoms with Gasteiger partial charge in [-0.3, -0.25) is 0 Å². The van der Waals surface area contributed by atoms with Crippen LogP contribution < -0.4 is 4.74 Å². The molecule has 2 aromatic rings. The quantitative estimate of drug-likeness (QED) is 0.859. The zero-order chi connectivity index (χ0) is 14.5. The van der Waals surface area contributed by atoms with Crippen LogP contribution in [-0.4, -0.2) is 0 Å². The number of hydrogen-bond acceptors (Lipinski definition) is 3. The number of halogens is 2. The van der Waals surface area contributed by atoms with Gasteiger partial charge in [-0.2, -0.15) is 10.5 Å². The van der Waals surface area contributed by atoms with Gasteiger partial charge in [-0.15, -0.1) is 0 Å². The van der Waals surface area contributed by atoms with Crippen molar-refractivity contribution in [2.24, 2.45) is 0 Å². The van der Waals surface area contributed by atoms with E-state index in [-0.39, 0.29) is 29.0 Å². The molecule has 20 heavy (non-hydrogen) atoms. The molecular weight excluding hydrogens is 262 g/mol. The second kappa shape index (κ2) is 5.81. The van der Waals surface area contributed by atoms with E-state index in [0.717, 1.165) is 12.1 Å². The number of nitriles is 2. The number of nitrogens with zero attached hydrogens (tertiary/aromatic N) is 2. The normalized spacial score (nSPS) is 9.60. The number of ether oxygens (including phenoxy) is 1. The largest absolute Gasteiger partial charge is 0.489 e. The Labute approximate surface area is 114 Å². The van der Waals surface area contributed by atoms with Gasteiger partial charge in [0.25, 0.3) is 0 Å². The van der Waals surface area contributed by atoms with Gasteiger partial charge in [-0.1, -0.05) is 6.07 Å². The molecule has 0 aromatic heterocycles. The lowest BCUT2D eigenvalue weighted by molar-refractivity contribution is 0.298. The predicted molar refractivity (Wildman–Crippen MR) is 66.6 cm³/mol. The Balaban J connectivity index is 2.11. The first-order valence-electron chi connectivity index (χ1n) is 5.65. The van der Waals surface area contributed by atoms with Crippen molar-refractivity contribution >= 4 is 0 Å². The lowest BCUT2D eigenvalue weighted by atomic mass is 10.1. The molecule has 0 aliphatic rings. The van der Waals surface area contributed by atoms with Crippen molar-refractivity contribution in [1.29, 1.82) is 10.5 Å². The fraction of sp³-hybridized carbons (Fsp3) is 0.0667.